The monoisotopic (exact) mass is 455 g/mol. The largest absolute Gasteiger partial charge is 0.481 e. The van der Waals surface area contributed by atoms with E-state index in [1.807, 2.05) is 56.3 Å². The van der Waals surface area contributed by atoms with Gasteiger partial charge in [0, 0.05) is 25.3 Å². The van der Waals surface area contributed by atoms with Crippen LogP contribution in [0, 0.1) is 6.92 Å². The van der Waals surface area contributed by atoms with E-state index < -0.39 is 5.97 Å². The summed E-state index contributed by atoms with van der Waals surface area (Å²) in [4.78, 5) is 24.1. The molecule has 0 aromatic heterocycles. The number of methoxy groups -OCH3 is 1. The number of benzene rings is 2. The Morgan fingerprint density at radius 2 is 1.91 bits per heavy atom. The molecule has 1 heterocycles. The second-order valence-electron chi connectivity index (χ2n) is 8.35. The summed E-state index contributed by atoms with van der Waals surface area (Å²) < 4.78 is 10.9. The number of nitrogens with one attached hydrogen (secondary N) is 3. The van der Waals surface area contributed by atoms with Gasteiger partial charge in [-0.25, -0.2) is 4.79 Å². The summed E-state index contributed by atoms with van der Waals surface area (Å²) in [5.74, 6) is -0.985. The Labute approximate surface area is 194 Å². The van der Waals surface area contributed by atoms with Gasteiger partial charge in [-0.2, -0.15) is 0 Å². The molecule has 0 bridgehead atoms. The zero-order valence-corrected chi connectivity index (χ0v) is 19.4. The first kappa shape index (κ1) is 24.5. The van der Waals surface area contributed by atoms with Crippen molar-refractivity contribution in [2.45, 2.75) is 57.8 Å². The number of hydrogen-bond donors (Lipinski definition) is 4. The maximum Gasteiger partial charge on any atom is 0.323 e. The molecule has 178 valence electrons. The first-order valence-electron chi connectivity index (χ1n) is 11.3. The van der Waals surface area contributed by atoms with Gasteiger partial charge in [0.25, 0.3) is 0 Å². The van der Waals surface area contributed by atoms with Crippen LogP contribution in [0.2, 0.25) is 0 Å². The fraction of sp³-hybridized carbons (Fsp3) is 0.440. The van der Waals surface area contributed by atoms with Gasteiger partial charge in [0.2, 0.25) is 0 Å². The predicted octanol–water partition coefficient (Wildman–Crippen LogP) is 5.17. The van der Waals surface area contributed by atoms with Crippen molar-refractivity contribution in [3.05, 3.63) is 53.6 Å². The van der Waals surface area contributed by atoms with E-state index in [1.54, 1.807) is 7.11 Å². The van der Waals surface area contributed by atoms with Crippen LogP contribution in [0.25, 0.3) is 0 Å². The maximum absolute atomic E-state index is 12.8. The molecule has 3 atom stereocenters. The van der Waals surface area contributed by atoms with Crippen molar-refractivity contribution in [3.8, 4) is 0 Å². The van der Waals surface area contributed by atoms with Gasteiger partial charge in [-0.05, 0) is 55.5 Å². The first-order valence-corrected chi connectivity index (χ1v) is 11.3. The molecule has 8 heteroatoms. The van der Waals surface area contributed by atoms with Crippen LogP contribution < -0.4 is 16.0 Å². The fourth-order valence-electron chi connectivity index (χ4n) is 3.95. The number of carboxylic acid groups (broad SMARTS) is 1. The number of amides is 2. The van der Waals surface area contributed by atoms with Crippen LogP contribution in [0.15, 0.2) is 42.5 Å². The SMILES string of the molecule is CCC(CC(=O)O)c1ccc(NC2CCOC(OC)C2)c(NC(=O)Nc2ccc(C)cc2)c1. The number of aryl methyl sites for hydroxylation is 1. The molecular weight excluding hydrogens is 422 g/mol. The van der Waals surface area contributed by atoms with Crippen LogP contribution in [0.3, 0.4) is 0 Å². The highest BCUT2D eigenvalue weighted by Gasteiger charge is 2.24. The summed E-state index contributed by atoms with van der Waals surface area (Å²) in [5.41, 5.74) is 4.03. The van der Waals surface area contributed by atoms with Crippen molar-refractivity contribution in [1.82, 2.24) is 0 Å². The Bertz CT molecular complexity index is 948. The van der Waals surface area contributed by atoms with Crippen LogP contribution in [-0.4, -0.2) is 43.2 Å². The number of urea groups is 1. The Morgan fingerprint density at radius 1 is 1.15 bits per heavy atom. The zero-order valence-electron chi connectivity index (χ0n) is 19.4. The minimum atomic E-state index is -0.844. The highest BCUT2D eigenvalue weighted by molar-refractivity contribution is 6.01. The standard InChI is InChI=1S/C25H33N3O5/c1-4-17(14-23(29)30)18-7-10-21(26-20-11-12-33-24(15-20)32-3)22(13-18)28-25(31)27-19-8-5-16(2)6-9-19/h5-10,13,17,20,24,26H,4,11-12,14-15H2,1-3H3,(H,29,30)(H2,27,28,31). The number of anilines is 3. The average Bonchev–Trinajstić information content (AvgIpc) is 2.80. The van der Waals surface area contributed by atoms with E-state index in [0.29, 0.717) is 30.8 Å². The number of carboxylic acids is 1. The van der Waals surface area contributed by atoms with Crippen LogP contribution in [0.1, 0.15) is 49.7 Å². The van der Waals surface area contributed by atoms with Gasteiger partial charge in [-0.1, -0.05) is 30.7 Å². The lowest BCUT2D eigenvalue weighted by Crippen LogP contribution is -2.35. The lowest BCUT2D eigenvalue weighted by atomic mass is 9.92. The molecule has 2 aromatic carbocycles. The summed E-state index contributed by atoms with van der Waals surface area (Å²) in [7, 11) is 1.62. The molecule has 1 fully saturated rings. The van der Waals surface area contributed by atoms with E-state index >= 15 is 0 Å². The molecule has 2 amide bonds. The van der Waals surface area contributed by atoms with Crippen molar-refractivity contribution in [2.24, 2.45) is 0 Å². The summed E-state index contributed by atoms with van der Waals surface area (Å²) in [6, 6.07) is 13.0. The van der Waals surface area contributed by atoms with Gasteiger partial charge in [0.1, 0.15) is 0 Å². The molecule has 1 saturated heterocycles. The average molecular weight is 456 g/mol. The quantitative estimate of drug-likeness (QED) is 0.415. The van der Waals surface area contributed by atoms with Crippen molar-refractivity contribution >= 4 is 29.1 Å². The van der Waals surface area contributed by atoms with E-state index in [1.165, 1.54) is 0 Å². The van der Waals surface area contributed by atoms with E-state index in [0.717, 1.165) is 23.2 Å². The van der Waals surface area contributed by atoms with E-state index in [-0.39, 0.29) is 30.7 Å². The minimum Gasteiger partial charge on any atom is -0.481 e. The highest BCUT2D eigenvalue weighted by Crippen LogP contribution is 2.32. The second-order valence-corrected chi connectivity index (χ2v) is 8.35. The third-order valence-corrected chi connectivity index (χ3v) is 5.86. The molecule has 33 heavy (non-hydrogen) atoms. The van der Waals surface area contributed by atoms with Crippen LogP contribution in [-0.2, 0) is 14.3 Å². The summed E-state index contributed by atoms with van der Waals surface area (Å²) in [5, 5.41) is 18.6. The minimum absolute atomic E-state index is 0.0355. The van der Waals surface area contributed by atoms with Crippen LogP contribution in [0.4, 0.5) is 21.9 Å². The summed E-state index contributed by atoms with van der Waals surface area (Å²) >= 11 is 0. The smallest absolute Gasteiger partial charge is 0.323 e. The van der Waals surface area contributed by atoms with Gasteiger partial charge < -0.3 is 30.5 Å². The molecule has 2 aromatic rings. The number of ether oxygens (including phenoxy) is 2. The number of carbonyl (C=O) groups is 2. The van der Waals surface area contributed by atoms with Crippen molar-refractivity contribution in [3.63, 3.8) is 0 Å². The molecule has 3 rings (SSSR count). The van der Waals surface area contributed by atoms with Gasteiger partial charge in [-0.3, -0.25) is 4.79 Å². The van der Waals surface area contributed by atoms with E-state index in [2.05, 4.69) is 16.0 Å². The van der Waals surface area contributed by atoms with E-state index in [9.17, 15) is 14.7 Å². The Kier molecular flexibility index (Phi) is 8.68. The molecule has 1 aliphatic heterocycles. The zero-order chi connectivity index (χ0) is 23.8. The van der Waals surface area contributed by atoms with Gasteiger partial charge >= 0.3 is 12.0 Å². The number of aliphatic carboxylic acids is 1. The van der Waals surface area contributed by atoms with Crippen molar-refractivity contribution < 1.29 is 24.2 Å². The Balaban J connectivity index is 1.82. The molecule has 0 aliphatic carbocycles. The molecule has 0 saturated carbocycles. The molecule has 8 nitrogen and oxygen atoms in total. The van der Waals surface area contributed by atoms with Gasteiger partial charge in [-0.15, -0.1) is 0 Å². The lowest BCUT2D eigenvalue weighted by molar-refractivity contribution is -0.147. The normalized spacial score (nSPS) is 18.9. The third-order valence-electron chi connectivity index (χ3n) is 5.86. The van der Waals surface area contributed by atoms with Crippen LogP contribution >= 0.6 is 0 Å². The highest BCUT2D eigenvalue weighted by atomic mass is 16.7. The van der Waals surface area contributed by atoms with Crippen molar-refractivity contribution in [2.75, 3.05) is 29.7 Å². The molecule has 0 spiro atoms. The lowest BCUT2D eigenvalue weighted by Gasteiger charge is -2.30. The first-order chi connectivity index (χ1) is 15.9. The molecular formula is C25H33N3O5. The topological polar surface area (TPSA) is 109 Å². The second kappa shape index (κ2) is 11.7. The molecule has 4 N–H and O–H groups in total. The molecule has 0 radical (unpaired) electrons. The third kappa shape index (κ3) is 7.20. The maximum atomic E-state index is 12.8. The number of carbonyl (C=O) groups excluding carboxylic acids is 1. The molecule has 3 unspecified atom stereocenters. The van der Waals surface area contributed by atoms with E-state index in [4.69, 9.17) is 9.47 Å². The van der Waals surface area contributed by atoms with Gasteiger partial charge in [0.15, 0.2) is 6.29 Å². The number of hydrogen-bond acceptors (Lipinski definition) is 5. The molecule has 1 aliphatic rings. The summed E-state index contributed by atoms with van der Waals surface area (Å²) in [6.07, 6.45) is 1.95. The predicted molar refractivity (Wildman–Crippen MR) is 129 cm³/mol. The van der Waals surface area contributed by atoms with Gasteiger partial charge in [0.05, 0.1) is 24.4 Å². The Morgan fingerprint density at radius 3 is 2.58 bits per heavy atom. The Hall–Kier alpha value is -3.10. The van der Waals surface area contributed by atoms with Crippen LogP contribution in [0.5, 0.6) is 0 Å². The number of rotatable bonds is 9. The summed E-state index contributed by atoms with van der Waals surface area (Å²) in [6.45, 7) is 4.53. The van der Waals surface area contributed by atoms with Crippen molar-refractivity contribution in [1.29, 1.82) is 0 Å². The fourth-order valence-corrected chi connectivity index (χ4v) is 3.95.